The van der Waals surface area contributed by atoms with E-state index in [1.807, 2.05) is 91.0 Å². The van der Waals surface area contributed by atoms with E-state index in [-0.39, 0.29) is 0 Å². The second kappa shape index (κ2) is 13.2. The molecule has 6 heteroatoms. The smallest absolute Gasteiger partial charge is 0.189 e. The minimum atomic E-state index is 0.592. The Bertz CT molecular complexity index is 3270. The minimum absolute atomic E-state index is 0.592. The van der Waals surface area contributed by atoms with Gasteiger partial charge in [-0.15, -0.1) is 0 Å². The maximum Gasteiger partial charge on any atom is 0.189 e. The molecule has 0 saturated heterocycles. The molecule has 0 atom stereocenters. The summed E-state index contributed by atoms with van der Waals surface area (Å²) in [6, 6.07) is 63.9. The van der Waals surface area contributed by atoms with Gasteiger partial charge < -0.3 is 18.6 Å². The lowest BCUT2D eigenvalue weighted by molar-refractivity contribution is 0.656. The first-order valence-electron chi connectivity index (χ1n) is 19.0. The predicted octanol–water partition coefficient (Wildman–Crippen LogP) is 15.2. The summed E-state index contributed by atoms with van der Waals surface area (Å²) < 4.78 is 13.1. The fraction of sp³-hybridized carbons (Fsp3) is 0. The zero-order valence-electron chi connectivity index (χ0n) is 30.9. The Morgan fingerprint density at radius 3 is 1.40 bits per heavy atom. The van der Waals surface area contributed by atoms with Crippen LogP contribution in [0.2, 0.25) is 0 Å². The van der Waals surface area contributed by atoms with Crippen molar-refractivity contribution in [3.8, 4) is 6.07 Å². The average Bonchev–Trinajstić information content (AvgIpc) is 3.80. The van der Waals surface area contributed by atoms with Crippen LogP contribution in [0.4, 0.5) is 39.8 Å². The molecule has 0 aliphatic heterocycles. The van der Waals surface area contributed by atoms with Crippen LogP contribution in [-0.2, 0) is 0 Å². The number of anilines is 6. The van der Waals surface area contributed by atoms with E-state index in [2.05, 4.69) is 112 Å². The zero-order valence-corrected chi connectivity index (χ0v) is 30.9. The third kappa shape index (κ3) is 5.48. The quantitative estimate of drug-likeness (QED) is 0.159. The standard InChI is InChI=1S/C52H30N4O2/c1-54-38-11-9-17-42(29-38)56(40-14-6-3-7-15-40)44-21-19-35-26-46-48-30-47-45-25-34-18-20-43(55(39-12-4-2-5-13-39)41-16-8-10-33(22-41)32-53)23-36(34)27-49(45)57-51(47)31-52(48)58-50(46)28-37(35)24-44/h2-31H. The third-order valence-electron chi connectivity index (χ3n) is 10.9. The topological polar surface area (TPSA) is 60.9 Å². The number of hydrogen-bond acceptors (Lipinski definition) is 5. The van der Waals surface area contributed by atoms with E-state index in [0.29, 0.717) is 11.3 Å². The first-order valence-corrected chi connectivity index (χ1v) is 19.0. The summed E-state index contributed by atoms with van der Waals surface area (Å²) >= 11 is 0. The largest absolute Gasteiger partial charge is 0.456 e. The molecule has 11 rings (SSSR count). The van der Waals surface area contributed by atoms with Gasteiger partial charge >= 0.3 is 0 Å². The number of para-hydroxylation sites is 2. The van der Waals surface area contributed by atoms with E-state index < -0.39 is 0 Å². The second-order valence-corrected chi connectivity index (χ2v) is 14.4. The van der Waals surface area contributed by atoms with Crippen molar-refractivity contribution in [1.29, 1.82) is 5.26 Å². The lowest BCUT2D eigenvalue weighted by Crippen LogP contribution is -2.09. The van der Waals surface area contributed by atoms with Crippen LogP contribution in [0.5, 0.6) is 0 Å². The van der Waals surface area contributed by atoms with E-state index >= 15 is 0 Å². The zero-order chi connectivity index (χ0) is 38.7. The number of furan rings is 2. The minimum Gasteiger partial charge on any atom is -0.456 e. The van der Waals surface area contributed by atoms with Crippen LogP contribution >= 0.6 is 0 Å². The van der Waals surface area contributed by atoms with Gasteiger partial charge in [0.2, 0.25) is 0 Å². The van der Waals surface area contributed by atoms with Gasteiger partial charge in [0, 0.05) is 61.7 Å². The van der Waals surface area contributed by atoms with Gasteiger partial charge in [0.05, 0.1) is 18.2 Å². The number of hydrogen-bond donors (Lipinski definition) is 0. The molecular weight excluding hydrogens is 713 g/mol. The number of benzene rings is 9. The fourth-order valence-corrected chi connectivity index (χ4v) is 8.25. The number of fused-ring (bicyclic) bond motifs is 8. The average molecular weight is 743 g/mol. The molecule has 0 bridgehead atoms. The van der Waals surface area contributed by atoms with Gasteiger partial charge in [0.15, 0.2) is 5.69 Å². The highest BCUT2D eigenvalue weighted by Gasteiger charge is 2.19. The Hall–Kier alpha value is -8.32. The summed E-state index contributed by atoms with van der Waals surface area (Å²) in [6.07, 6.45) is 0. The molecule has 0 aliphatic rings. The van der Waals surface area contributed by atoms with Gasteiger partial charge in [-0.1, -0.05) is 66.7 Å². The first-order chi connectivity index (χ1) is 28.6. The molecule has 11 aromatic rings. The van der Waals surface area contributed by atoms with E-state index in [1.54, 1.807) is 0 Å². The van der Waals surface area contributed by atoms with Crippen molar-refractivity contribution in [2.45, 2.75) is 0 Å². The molecule has 0 radical (unpaired) electrons. The van der Waals surface area contributed by atoms with Crippen molar-refractivity contribution < 1.29 is 8.83 Å². The molecule has 9 aromatic carbocycles. The monoisotopic (exact) mass is 742 g/mol. The number of nitrogens with zero attached hydrogens (tertiary/aromatic N) is 4. The second-order valence-electron chi connectivity index (χ2n) is 14.4. The normalized spacial score (nSPS) is 11.4. The molecule has 0 amide bonds. The number of rotatable bonds is 6. The van der Waals surface area contributed by atoms with Gasteiger partial charge in [-0.05, 0) is 131 Å². The maximum absolute atomic E-state index is 9.64. The molecule has 2 heterocycles. The summed E-state index contributed by atoms with van der Waals surface area (Å²) in [5, 5.41) is 18.1. The molecule has 58 heavy (non-hydrogen) atoms. The lowest BCUT2D eigenvalue weighted by atomic mass is 10.0. The SMILES string of the molecule is [C-]#[N+]c1cccc(N(c2ccccc2)c2ccc3cc4c(cc3c2)oc2cc3oc5cc6cc(N(c7ccccc7)c7cccc(C#N)c7)ccc6cc5c3cc24)c1. The molecule has 0 saturated carbocycles. The molecule has 0 unspecified atom stereocenters. The van der Waals surface area contributed by atoms with Crippen LogP contribution in [0.1, 0.15) is 5.56 Å². The van der Waals surface area contributed by atoms with Crippen LogP contribution in [0.25, 0.3) is 70.3 Å². The molecule has 0 spiro atoms. The predicted molar refractivity (Wildman–Crippen MR) is 236 cm³/mol. The maximum atomic E-state index is 9.64. The van der Waals surface area contributed by atoms with Crippen molar-refractivity contribution in [1.82, 2.24) is 0 Å². The molecule has 0 fully saturated rings. The Kier molecular flexibility index (Phi) is 7.50. The van der Waals surface area contributed by atoms with Crippen molar-refractivity contribution in [3.05, 3.63) is 199 Å². The van der Waals surface area contributed by atoms with Crippen LogP contribution in [0, 0.1) is 17.9 Å². The lowest BCUT2D eigenvalue weighted by Gasteiger charge is -2.26. The summed E-state index contributed by atoms with van der Waals surface area (Å²) in [7, 11) is 0. The Morgan fingerprint density at radius 1 is 0.397 bits per heavy atom. The van der Waals surface area contributed by atoms with Gasteiger partial charge in [-0.3, -0.25) is 0 Å². The third-order valence-corrected chi connectivity index (χ3v) is 10.9. The fourth-order valence-electron chi connectivity index (χ4n) is 8.25. The van der Waals surface area contributed by atoms with Gasteiger partial charge in [-0.2, -0.15) is 5.26 Å². The summed E-state index contributed by atoms with van der Waals surface area (Å²) in [5.74, 6) is 0. The van der Waals surface area contributed by atoms with Gasteiger partial charge in [0.1, 0.15) is 22.3 Å². The summed E-state index contributed by atoms with van der Waals surface area (Å²) in [6.45, 7) is 7.59. The number of nitriles is 1. The van der Waals surface area contributed by atoms with E-state index in [1.165, 1.54) is 0 Å². The van der Waals surface area contributed by atoms with Crippen molar-refractivity contribution in [2.24, 2.45) is 0 Å². The molecule has 2 aromatic heterocycles. The Balaban J connectivity index is 1.01. The van der Waals surface area contributed by atoms with Crippen molar-refractivity contribution in [2.75, 3.05) is 9.80 Å². The highest BCUT2D eigenvalue weighted by molar-refractivity contribution is 6.18. The highest BCUT2D eigenvalue weighted by Crippen LogP contribution is 2.43. The van der Waals surface area contributed by atoms with E-state index in [4.69, 9.17) is 15.4 Å². The molecule has 270 valence electrons. The van der Waals surface area contributed by atoms with Crippen LogP contribution in [-0.4, -0.2) is 0 Å². The van der Waals surface area contributed by atoms with Crippen LogP contribution in [0.15, 0.2) is 191 Å². The van der Waals surface area contributed by atoms with Crippen LogP contribution in [0.3, 0.4) is 0 Å². The Morgan fingerprint density at radius 2 is 0.862 bits per heavy atom. The summed E-state index contributed by atoms with van der Waals surface area (Å²) in [4.78, 5) is 8.02. The van der Waals surface area contributed by atoms with Gasteiger partial charge in [-0.25, -0.2) is 4.85 Å². The van der Waals surface area contributed by atoms with Crippen LogP contribution < -0.4 is 9.80 Å². The molecular formula is C52H30N4O2. The molecule has 0 aliphatic carbocycles. The Labute approximate surface area is 333 Å². The van der Waals surface area contributed by atoms with Crippen molar-refractivity contribution >= 4 is 105 Å². The molecule has 0 N–H and O–H groups in total. The first kappa shape index (κ1) is 33.1. The van der Waals surface area contributed by atoms with E-state index in [0.717, 1.165) is 99.5 Å². The van der Waals surface area contributed by atoms with Crippen molar-refractivity contribution in [3.63, 3.8) is 0 Å². The summed E-state index contributed by atoms with van der Waals surface area (Å²) in [5.41, 5.74) is 10.2. The molecule has 6 nitrogen and oxygen atoms in total. The van der Waals surface area contributed by atoms with Gasteiger partial charge in [0.25, 0.3) is 0 Å². The highest BCUT2D eigenvalue weighted by atomic mass is 16.3. The van der Waals surface area contributed by atoms with E-state index in [9.17, 15) is 5.26 Å².